The molecular weight excluding hydrogens is 246 g/mol. The lowest BCUT2D eigenvalue weighted by molar-refractivity contribution is -0.123. The highest BCUT2D eigenvalue weighted by Gasteiger charge is 2.13. The zero-order chi connectivity index (χ0) is 13.5. The second kappa shape index (κ2) is 6.86. The second-order valence-corrected chi connectivity index (χ2v) is 4.27. The zero-order valence-electron chi connectivity index (χ0n) is 10.6. The third-order valence-electron chi connectivity index (χ3n) is 2.77. The van der Waals surface area contributed by atoms with Gasteiger partial charge in [-0.05, 0) is 29.8 Å². The molecule has 1 saturated heterocycles. The van der Waals surface area contributed by atoms with Crippen LogP contribution in [0.25, 0.3) is 0 Å². The third-order valence-corrected chi connectivity index (χ3v) is 2.77. The van der Waals surface area contributed by atoms with Gasteiger partial charge in [-0.25, -0.2) is 5.43 Å². The highest BCUT2D eigenvalue weighted by atomic mass is 16.5. The van der Waals surface area contributed by atoms with Gasteiger partial charge in [0.2, 0.25) is 0 Å². The summed E-state index contributed by atoms with van der Waals surface area (Å²) in [7, 11) is 0. The molecule has 1 aromatic carbocycles. The summed E-state index contributed by atoms with van der Waals surface area (Å²) in [5.41, 5.74) is 3.29. The van der Waals surface area contributed by atoms with Crippen LogP contribution in [-0.4, -0.2) is 55.0 Å². The van der Waals surface area contributed by atoms with Crippen LogP contribution in [0.3, 0.4) is 0 Å². The first-order valence-corrected chi connectivity index (χ1v) is 6.15. The summed E-state index contributed by atoms with van der Waals surface area (Å²) in [4.78, 5) is 13.6. The molecule has 1 aliphatic rings. The first-order valence-electron chi connectivity index (χ1n) is 6.15. The number of hydrogen-bond acceptors (Lipinski definition) is 5. The van der Waals surface area contributed by atoms with E-state index >= 15 is 0 Å². The first-order chi connectivity index (χ1) is 9.24. The molecule has 19 heavy (non-hydrogen) atoms. The molecule has 1 aromatic rings. The summed E-state index contributed by atoms with van der Waals surface area (Å²) in [5, 5.41) is 13.0. The first kappa shape index (κ1) is 13.5. The third kappa shape index (κ3) is 4.69. The summed E-state index contributed by atoms with van der Waals surface area (Å²) in [6.07, 6.45) is 1.54. The van der Waals surface area contributed by atoms with Crippen LogP contribution < -0.4 is 5.43 Å². The molecule has 0 spiro atoms. The summed E-state index contributed by atoms with van der Waals surface area (Å²) >= 11 is 0. The predicted molar refractivity (Wildman–Crippen MR) is 71.1 cm³/mol. The van der Waals surface area contributed by atoms with Crippen molar-refractivity contribution in [1.82, 2.24) is 10.3 Å². The quantitative estimate of drug-likeness (QED) is 0.600. The van der Waals surface area contributed by atoms with Crippen LogP contribution in [0.1, 0.15) is 5.56 Å². The number of phenols is 1. The Labute approximate surface area is 111 Å². The highest BCUT2D eigenvalue weighted by molar-refractivity contribution is 5.83. The molecule has 0 radical (unpaired) electrons. The molecule has 0 saturated carbocycles. The van der Waals surface area contributed by atoms with E-state index in [1.54, 1.807) is 24.3 Å². The van der Waals surface area contributed by atoms with Crippen molar-refractivity contribution >= 4 is 12.1 Å². The van der Waals surface area contributed by atoms with Gasteiger partial charge < -0.3 is 9.84 Å². The Bertz CT molecular complexity index is 439. The Morgan fingerprint density at radius 3 is 2.74 bits per heavy atom. The monoisotopic (exact) mass is 263 g/mol. The number of ether oxygens (including phenoxy) is 1. The summed E-state index contributed by atoms with van der Waals surface area (Å²) in [6.45, 7) is 3.22. The van der Waals surface area contributed by atoms with Gasteiger partial charge in [0.25, 0.3) is 5.91 Å². The second-order valence-electron chi connectivity index (χ2n) is 4.27. The molecule has 2 rings (SSSR count). The van der Waals surface area contributed by atoms with E-state index in [-0.39, 0.29) is 11.7 Å². The molecule has 2 N–H and O–H groups in total. The molecule has 6 heteroatoms. The smallest absolute Gasteiger partial charge is 0.254 e. The molecule has 102 valence electrons. The summed E-state index contributed by atoms with van der Waals surface area (Å²) in [5.74, 6) is 0.0606. The van der Waals surface area contributed by atoms with Crippen molar-refractivity contribution in [3.63, 3.8) is 0 Å². The number of aromatic hydroxyl groups is 1. The number of rotatable bonds is 4. The van der Waals surface area contributed by atoms with E-state index in [0.29, 0.717) is 19.8 Å². The number of amides is 1. The number of nitrogens with one attached hydrogen (secondary N) is 1. The number of phenolic OH excluding ortho intramolecular Hbond substituents is 1. The van der Waals surface area contributed by atoms with Crippen LogP contribution in [0.4, 0.5) is 0 Å². The highest BCUT2D eigenvalue weighted by Crippen LogP contribution is 2.07. The SMILES string of the molecule is O=C(CN1CCOCC1)N/N=C\c1ccc(O)cc1. The Morgan fingerprint density at radius 1 is 1.37 bits per heavy atom. The fourth-order valence-corrected chi connectivity index (χ4v) is 1.74. The van der Waals surface area contributed by atoms with Gasteiger partial charge >= 0.3 is 0 Å². The van der Waals surface area contributed by atoms with Gasteiger partial charge in [0, 0.05) is 13.1 Å². The van der Waals surface area contributed by atoms with Crippen molar-refractivity contribution in [2.24, 2.45) is 5.10 Å². The zero-order valence-corrected chi connectivity index (χ0v) is 10.6. The number of carbonyl (C=O) groups is 1. The van der Waals surface area contributed by atoms with Crippen molar-refractivity contribution in [3.8, 4) is 5.75 Å². The molecule has 1 aliphatic heterocycles. The molecule has 1 amide bonds. The summed E-state index contributed by atoms with van der Waals surface area (Å²) in [6, 6.07) is 6.56. The lowest BCUT2D eigenvalue weighted by Gasteiger charge is -2.25. The predicted octanol–water partition coefficient (Wildman–Crippen LogP) is 0.175. The van der Waals surface area contributed by atoms with Gasteiger partial charge in [-0.15, -0.1) is 0 Å². The minimum atomic E-state index is -0.142. The fraction of sp³-hybridized carbons (Fsp3) is 0.385. The number of hydrazone groups is 1. The van der Waals surface area contributed by atoms with Crippen LogP contribution in [-0.2, 0) is 9.53 Å². The molecule has 1 fully saturated rings. The van der Waals surface area contributed by atoms with Crippen LogP contribution >= 0.6 is 0 Å². The summed E-state index contributed by atoms with van der Waals surface area (Å²) < 4.78 is 5.21. The van der Waals surface area contributed by atoms with Gasteiger partial charge in [-0.1, -0.05) is 0 Å². The Morgan fingerprint density at radius 2 is 2.05 bits per heavy atom. The topological polar surface area (TPSA) is 74.2 Å². The lowest BCUT2D eigenvalue weighted by Crippen LogP contribution is -2.42. The normalized spacial score (nSPS) is 16.6. The van der Waals surface area contributed by atoms with Gasteiger partial charge in [-0.3, -0.25) is 9.69 Å². The molecule has 1 heterocycles. The van der Waals surface area contributed by atoms with E-state index in [1.807, 2.05) is 4.90 Å². The van der Waals surface area contributed by atoms with Gasteiger partial charge in [-0.2, -0.15) is 5.10 Å². The van der Waals surface area contributed by atoms with E-state index in [9.17, 15) is 4.79 Å². The van der Waals surface area contributed by atoms with Crippen LogP contribution in [0.5, 0.6) is 5.75 Å². The average molecular weight is 263 g/mol. The minimum Gasteiger partial charge on any atom is -0.508 e. The standard InChI is InChI=1S/C13H17N3O3/c17-12-3-1-11(2-4-12)9-14-15-13(18)10-16-5-7-19-8-6-16/h1-4,9,17H,5-8,10H2,(H,15,18)/b14-9-. The van der Waals surface area contributed by atoms with E-state index < -0.39 is 0 Å². The lowest BCUT2D eigenvalue weighted by atomic mass is 10.2. The molecule has 0 bridgehead atoms. The van der Waals surface area contributed by atoms with E-state index in [0.717, 1.165) is 18.7 Å². The van der Waals surface area contributed by atoms with Crippen LogP contribution in [0.15, 0.2) is 29.4 Å². The van der Waals surface area contributed by atoms with Crippen molar-refractivity contribution in [2.75, 3.05) is 32.8 Å². The van der Waals surface area contributed by atoms with E-state index in [1.165, 1.54) is 6.21 Å². The molecule has 0 aromatic heterocycles. The Hall–Kier alpha value is -1.92. The molecular formula is C13H17N3O3. The largest absolute Gasteiger partial charge is 0.508 e. The van der Waals surface area contributed by atoms with E-state index in [2.05, 4.69) is 10.5 Å². The van der Waals surface area contributed by atoms with Crippen molar-refractivity contribution in [1.29, 1.82) is 0 Å². The van der Waals surface area contributed by atoms with Crippen LogP contribution in [0.2, 0.25) is 0 Å². The maximum Gasteiger partial charge on any atom is 0.254 e. The Kier molecular flexibility index (Phi) is 4.88. The number of hydrogen-bond donors (Lipinski definition) is 2. The number of carbonyl (C=O) groups excluding carboxylic acids is 1. The molecule has 0 unspecified atom stereocenters. The number of benzene rings is 1. The van der Waals surface area contributed by atoms with Crippen molar-refractivity contribution in [3.05, 3.63) is 29.8 Å². The maximum atomic E-state index is 11.6. The van der Waals surface area contributed by atoms with Crippen LogP contribution in [0, 0.1) is 0 Å². The molecule has 0 atom stereocenters. The van der Waals surface area contributed by atoms with Gasteiger partial charge in [0.05, 0.1) is 26.0 Å². The number of nitrogens with zero attached hydrogens (tertiary/aromatic N) is 2. The number of morpholine rings is 1. The van der Waals surface area contributed by atoms with Gasteiger partial charge in [0.15, 0.2) is 0 Å². The van der Waals surface area contributed by atoms with Gasteiger partial charge in [0.1, 0.15) is 5.75 Å². The van der Waals surface area contributed by atoms with Crippen molar-refractivity contribution in [2.45, 2.75) is 0 Å². The Balaban J connectivity index is 1.74. The van der Waals surface area contributed by atoms with Crippen molar-refractivity contribution < 1.29 is 14.6 Å². The fourth-order valence-electron chi connectivity index (χ4n) is 1.74. The molecule has 6 nitrogen and oxygen atoms in total. The minimum absolute atomic E-state index is 0.142. The van der Waals surface area contributed by atoms with E-state index in [4.69, 9.17) is 9.84 Å². The maximum absolute atomic E-state index is 11.6. The average Bonchev–Trinajstić information content (AvgIpc) is 2.42. The molecule has 0 aliphatic carbocycles.